The van der Waals surface area contributed by atoms with Crippen LogP contribution in [0.2, 0.25) is 0 Å². The molecule has 1 amide bonds. The summed E-state index contributed by atoms with van der Waals surface area (Å²) in [6, 6.07) is 13.6. The van der Waals surface area contributed by atoms with Gasteiger partial charge in [0, 0.05) is 29.9 Å². The van der Waals surface area contributed by atoms with Gasteiger partial charge in [-0.25, -0.2) is 9.37 Å². The predicted octanol–water partition coefficient (Wildman–Crippen LogP) is 4.58. The molecule has 0 saturated carbocycles. The minimum atomic E-state index is -0.303. The average Bonchev–Trinajstić information content (AvgIpc) is 3.35. The molecule has 6 heteroatoms. The van der Waals surface area contributed by atoms with Gasteiger partial charge in [-0.1, -0.05) is 12.2 Å². The van der Waals surface area contributed by atoms with Crippen LogP contribution < -0.4 is 10.2 Å². The van der Waals surface area contributed by atoms with Crippen LogP contribution in [-0.2, 0) is 0 Å². The molecular formula is C20H16FN3OS. The number of hydrogen-bond donors (Lipinski definition) is 1. The number of amides is 1. The fourth-order valence-electron chi connectivity index (χ4n) is 2.84. The molecule has 1 aliphatic rings. The molecule has 0 spiro atoms. The smallest absolute Gasteiger partial charge is 0.256 e. The number of nitrogens with one attached hydrogen (secondary N) is 1. The number of halogens is 1. The fourth-order valence-corrected chi connectivity index (χ4v) is 3.53. The molecule has 0 saturated heterocycles. The fraction of sp³-hybridized carbons (Fsp3) is 0.100. The quantitative estimate of drug-likeness (QED) is 0.689. The van der Waals surface area contributed by atoms with E-state index < -0.39 is 0 Å². The van der Waals surface area contributed by atoms with Crippen molar-refractivity contribution in [1.82, 2.24) is 4.98 Å². The Hall–Kier alpha value is -2.99. The van der Waals surface area contributed by atoms with Gasteiger partial charge in [-0.05, 0) is 48.5 Å². The molecule has 0 aliphatic carbocycles. The SMILES string of the molecule is O=C(Nc1scnc1-c1ccc(F)cc1)c1ccc(N2CC=CC2)cc1. The number of nitrogens with zero attached hydrogens (tertiary/aromatic N) is 2. The molecule has 2 aromatic carbocycles. The minimum Gasteiger partial charge on any atom is -0.364 e. The minimum absolute atomic E-state index is 0.191. The molecule has 0 fully saturated rings. The molecule has 0 bridgehead atoms. The Bertz CT molecular complexity index is 940. The second-order valence-electron chi connectivity index (χ2n) is 5.91. The summed E-state index contributed by atoms with van der Waals surface area (Å²) in [5.74, 6) is -0.494. The van der Waals surface area contributed by atoms with Crippen molar-refractivity contribution >= 4 is 27.9 Å². The van der Waals surface area contributed by atoms with Gasteiger partial charge in [-0.15, -0.1) is 11.3 Å². The summed E-state index contributed by atoms with van der Waals surface area (Å²) in [6.45, 7) is 1.79. The van der Waals surface area contributed by atoms with Gasteiger partial charge in [-0.3, -0.25) is 4.79 Å². The van der Waals surface area contributed by atoms with Crippen molar-refractivity contribution in [2.75, 3.05) is 23.3 Å². The number of thiazole rings is 1. The van der Waals surface area contributed by atoms with Crippen molar-refractivity contribution in [3.8, 4) is 11.3 Å². The molecule has 0 unspecified atom stereocenters. The van der Waals surface area contributed by atoms with E-state index in [-0.39, 0.29) is 11.7 Å². The monoisotopic (exact) mass is 365 g/mol. The van der Waals surface area contributed by atoms with E-state index in [2.05, 4.69) is 27.4 Å². The average molecular weight is 365 g/mol. The molecule has 0 radical (unpaired) electrons. The number of hydrogen-bond acceptors (Lipinski definition) is 4. The number of aromatic nitrogens is 1. The maximum absolute atomic E-state index is 13.1. The number of anilines is 2. The maximum atomic E-state index is 13.1. The third kappa shape index (κ3) is 3.36. The molecule has 130 valence electrons. The number of rotatable bonds is 4. The van der Waals surface area contributed by atoms with Crippen LogP contribution in [0, 0.1) is 5.82 Å². The topological polar surface area (TPSA) is 45.2 Å². The summed E-state index contributed by atoms with van der Waals surface area (Å²) in [7, 11) is 0. The van der Waals surface area contributed by atoms with Crippen LogP contribution in [0.25, 0.3) is 11.3 Å². The maximum Gasteiger partial charge on any atom is 0.256 e. The van der Waals surface area contributed by atoms with E-state index in [1.807, 2.05) is 24.3 Å². The van der Waals surface area contributed by atoms with Gasteiger partial charge in [-0.2, -0.15) is 0 Å². The Morgan fingerprint density at radius 1 is 1.04 bits per heavy atom. The zero-order valence-corrected chi connectivity index (χ0v) is 14.7. The molecular weight excluding hydrogens is 349 g/mol. The van der Waals surface area contributed by atoms with Gasteiger partial charge in [0.2, 0.25) is 0 Å². The largest absolute Gasteiger partial charge is 0.364 e. The molecule has 2 heterocycles. The molecule has 3 aromatic rings. The number of benzene rings is 2. The zero-order chi connectivity index (χ0) is 17.9. The first-order valence-corrected chi connectivity index (χ1v) is 9.09. The summed E-state index contributed by atoms with van der Waals surface area (Å²) < 4.78 is 13.1. The standard InChI is InChI=1S/C20H16FN3OS/c21-16-7-3-14(4-8-16)18-20(26-13-22-18)23-19(25)15-5-9-17(10-6-15)24-11-1-2-12-24/h1-10,13H,11-12H2,(H,23,25). The Morgan fingerprint density at radius 3 is 2.42 bits per heavy atom. The van der Waals surface area contributed by atoms with Gasteiger partial charge in [0.15, 0.2) is 0 Å². The molecule has 1 N–H and O–H groups in total. The highest BCUT2D eigenvalue weighted by Gasteiger charge is 2.14. The lowest BCUT2D eigenvalue weighted by atomic mass is 10.1. The predicted molar refractivity (Wildman–Crippen MR) is 103 cm³/mol. The van der Waals surface area contributed by atoms with E-state index in [0.717, 1.165) is 24.3 Å². The molecule has 1 aromatic heterocycles. The second kappa shape index (κ2) is 7.09. The van der Waals surface area contributed by atoms with E-state index in [4.69, 9.17) is 0 Å². The van der Waals surface area contributed by atoms with Crippen molar-refractivity contribution in [2.45, 2.75) is 0 Å². The second-order valence-corrected chi connectivity index (χ2v) is 6.77. The Balaban J connectivity index is 1.50. The van der Waals surface area contributed by atoms with Gasteiger partial charge in [0.1, 0.15) is 16.5 Å². The van der Waals surface area contributed by atoms with E-state index in [0.29, 0.717) is 16.3 Å². The highest BCUT2D eigenvalue weighted by Crippen LogP contribution is 2.31. The van der Waals surface area contributed by atoms with Gasteiger partial charge in [0.25, 0.3) is 5.91 Å². The number of carbonyl (C=O) groups is 1. The molecule has 4 rings (SSSR count). The normalized spacial score (nSPS) is 13.2. The van der Waals surface area contributed by atoms with Crippen LogP contribution in [0.3, 0.4) is 0 Å². The van der Waals surface area contributed by atoms with Crippen LogP contribution in [0.5, 0.6) is 0 Å². The van der Waals surface area contributed by atoms with Crippen LogP contribution >= 0.6 is 11.3 Å². The zero-order valence-electron chi connectivity index (χ0n) is 13.9. The molecule has 26 heavy (non-hydrogen) atoms. The third-order valence-electron chi connectivity index (χ3n) is 4.23. The summed E-state index contributed by atoms with van der Waals surface area (Å²) in [5, 5.41) is 3.55. The summed E-state index contributed by atoms with van der Waals surface area (Å²) in [4.78, 5) is 19.1. The van der Waals surface area contributed by atoms with Crippen molar-refractivity contribution < 1.29 is 9.18 Å². The van der Waals surface area contributed by atoms with Gasteiger partial charge < -0.3 is 10.2 Å². The van der Waals surface area contributed by atoms with Gasteiger partial charge in [0.05, 0.1) is 5.51 Å². The summed E-state index contributed by atoms with van der Waals surface area (Å²) in [5.41, 5.74) is 4.75. The molecule has 4 nitrogen and oxygen atoms in total. The van der Waals surface area contributed by atoms with Crippen molar-refractivity contribution in [3.05, 3.63) is 77.6 Å². The van der Waals surface area contributed by atoms with Crippen LogP contribution in [-0.4, -0.2) is 24.0 Å². The Labute approximate surface area is 154 Å². The van der Waals surface area contributed by atoms with Crippen LogP contribution in [0.4, 0.5) is 15.1 Å². The third-order valence-corrected chi connectivity index (χ3v) is 4.97. The molecule has 0 atom stereocenters. The highest BCUT2D eigenvalue weighted by atomic mass is 32.1. The van der Waals surface area contributed by atoms with E-state index >= 15 is 0 Å². The first kappa shape index (κ1) is 16.5. The summed E-state index contributed by atoms with van der Waals surface area (Å²) >= 11 is 1.34. The lowest BCUT2D eigenvalue weighted by Gasteiger charge is -2.17. The van der Waals surface area contributed by atoms with Crippen molar-refractivity contribution in [2.24, 2.45) is 0 Å². The van der Waals surface area contributed by atoms with E-state index in [1.165, 1.54) is 23.5 Å². The number of carbonyl (C=O) groups excluding carboxylic acids is 1. The Morgan fingerprint density at radius 2 is 1.73 bits per heavy atom. The lowest BCUT2D eigenvalue weighted by Crippen LogP contribution is -2.18. The first-order chi connectivity index (χ1) is 12.7. The lowest BCUT2D eigenvalue weighted by molar-refractivity contribution is 0.102. The van der Waals surface area contributed by atoms with Crippen molar-refractivity contribution in [3.63, 3.8) is 0 Å². The Kier molecular flexibility index (Phi) is 4.50. The van der Waals surface area contributed by atoms with Crippen LogP contribution in [0.15, 0.2) is 66.2 Å². The molecule has 1 aliphatic heterocycles. The van der Waals surface area contributed by atoms with Crippen molar-refractivity contribution in [1.29, 1.82) is 0 Å². The van der Waals surface area contributed by atoms with Crippen LogP contribution in [0.1, 0.15) is 10.4 Å². The van der Waals surface area contributed by atoms with E-state index in [9.17, 15) is 9.18 Å². The van der Waals surface area contributed by atoms with E-state index in [1.54, 1.807) is 17.6 Å². The summed E-state index contributed by atoms with van der Waals surface area (Å²) in [6.07, 6.45) is 4.25. The van der Waals surface area contributed by atoms with Gasteiger partial charge >= 0.3 is 0 Å². The highest BCUT2D eigenvalue weighted by molar-refractivity contribution is 7.14. The first-order valence-electron chi connectivity index (χ1n) is 8.21.